The molecule has 0 aliphatic rings. The standard InChI is InChI=1S/C14H12O3.Na.H/c15-14(16)12-6-8-13(9-7-12)17-10-11-4-2-1-3-5-11;;/h1-9H,10H2,(H,15,16);;/q;+1;-1. The number of aromatic carboxylic acids is 1. The van der Waals surface area contributed by atoms with E-state index in [0.29, 0.717) is 12.4 Å². The van der Waals surface area contributed by atoms with Gasteiger partial charge in [-0.25, -0.2) is 4.79 Å². The van der Waals surface area contributed by atoms with Crippen molar-refractivity contribution in [1.29, 1.82) is 0 Å². The topological polar surface area (TPSA) is 46.5 Å². The number of carbonyl (C=O) groups is 1. The van der Waals surface area contributed by atoms with Crippen LogP contribution in [0.3, 0.4) is 0 Å². The Morgan fingerprint density at radius 2 is 1.67 bits per heavy atom. The SMILES string of the molecule is O=C(O)c1ccc(OCc2ccccc2)cc1.[H-].[Na+]. The molecular weight excluding hydrogens is 239 g/mol. The average Bonchev–Trinajstić information content (AvgIpc) is 2.38. The van der Waals surface area contributed by atoms with Crippen molar-refractivity contribution in [3.8, 4) is 5.75 Å². The second-order valence-electron chi connectivity index (χ2n) is 3.60. The predicted octanol–water partition coefficient (Wildman–Crippen LogP) is 0.0803. The molecule has 0 aliphatic heterocycles. The number of carboxylic acids is 1. The molecule has 18 heavy (non-hydrogen) atoms. The monoisotopic (exact) mass is 252 g/mol. The van der Waals surface area contributed by atoms with E-state index in [1.807, 2.05) is 30.3 Å². The summed E-state index contributed by atoms with van der Waals surface area (Å²) in [6.45, 7) is 0.479. The number of hydrogen-bond donors (Lipinski definition) is 1. The molecule has 0 heterocycles. The molecule has 0 bridgehead atoms. The number of ether oxygens (including phenoxy) is 1. The minimum Gasteiger partial charge on any atom is -1.00 e. The Labute approximate surface area is 129 Å². The molecule has 0 saturated carbocycles. The Kier molecular flexibility index (Phi) is 5.92. The largest absolute Gasteiger partial charge is 1.00 e. The molecule has 4 heteroatoms. The zero-order chi connectivity index (χ0) is 12.1. The van der Waals surface area contributed by atoms with Crippen LogP contribution >= 0.6 is 0 Å². The molecule has 3 nitrogen and oxygen atoms in total. The van der Waals surface area contributed by atoms with Gasteiger partial charge in [0.05, 0.1) is 5.56 Å². The van der Waals surface area contributed by atoms with Crippen LogP contribution in [0.2, 0.25) is 0 Å². The molecule has 0 radical (unpaired) electrons. The van der Waals surface area contributed by atoms with Gasteiger partial charge in [-0.05, 0) is 29.8 Å². The number of rotatable bonds is 4. The van der Waals surface area contributed by atoms with Crippen molar-refractivity contribution in [2.75, 3.05) is 0 Å². The van der Waals surface area contributed by atoms with E-state index in [4.69, 9.17) is 9.84 Å². The van der Waals surface area contributed by atoms with Gasteiger partial charge in [-0.2, -0.15) is 0 Å². The second-order valence-corrected chi connectivity index (χ2v) is 3.60. The van der Waals surface area contributed by atoms with E-state index in [2.05, 4.69) is 0 Å². The molecule has 0 spiro atoms. The molecule has 88 valence electrons. The summed E-state index contributed by atoms with van der Waals surface area (Å²) in [5.41, 5.74) is 1.34. The molecule has 0 fully saturated rings. The van der Waals surface area contributed by atoms with E-state index in [0.717, 1.165) is 5.56 Å². The van der Waals surface area contributed by atoms with Gasteiger partial charge in [0.25, 0.3) is 0 Å². The first-order valence-corrected chi connectivity index (χ1v) is 5.26. The zero-order valence-corrected chi connectivity index (χ0v) is 12.2. The Hall–Kier alpha value is -1.29. The van der Waals surface area contributed by atoms with Crippen molar-refractivity contribution >= 4 is 5.97 Å². The summed E-state index contributed by atoms with van der Waals surface area (Å²) in [5.74, 6) is -0.265. The van der Waals surface area contributed by atoms with E-state index < -0.39 is 5.97 Å². The normalized spacial score (nSPS) is 9.33. The van der Waals surface area contributed by atoms with Gasteiger partial charge in [0.1, 0.15) is 12.4 Å². The van der Waals surface area contributed by atoms with Crippen LogP contribution in [0, 0.1) is 0 Å². The minimum atomic E-state index is -0.931. The molecule has 2 aromatic rings. The van der Waals surface area contributed by atoms with Crippen LogP contribution < -0.4 is 34.3 Å². The summed E-state index contributed by atoms with van der Waals surface area (Å²) >= 11 is 0. The molecule has 0 unspecified atom stereocenters. The van der Waals surface area contributed by atoms with Crippen LogP contribution in [0.1, 0.15) is 17.3 Å². The summed E-state index contributed by atoms with van der Waals surface area (Å²) < 4.78 is 5.53. The quantitative estimate of drug-likeness (QED) is 0.784. The third kappa shape index (κ3) is 4.18. The number of carboxylic acid groups (broad SMARTS) is 1. The molecule has 0 amide bonds. The van der Waals surface area contributed by atoms with E-state index in [1.54, 1.807) is 12.1 Å². The van der Waals surface area contributed by atoms with Gasteiger partial charge in [-0.3, -0.25) is 0 Å². The molecule has 0 saturated heterocycles. The zero-order valence-electron chi connectivity index (χ0n) is 11.2. The van der Waals surface area contributed by atoms with Gasteiger partial charge in [-0.15, -0.1) is 0 Å². The summed E-state index contributed by atoms with van der Waals surface area (Å²) in [7, 11) is 0. The third-order valence-corrected chi connectivity index (χ3v) is 2.35. The van der Waals surface area contributed by atoms with E-state index in [1.165, 1.54) is 12.1 Å². The summed E-state index contributed by atoms with van der Waals surface area (Å²) in [6, 6.07) is 16.2. The fourth-order valence-corrected chi connectivity index (χ4v) is 1.43. The predicted molar refractivity (Wildman–Crippen MR) is 65.3 cm³/mol. The number of benzene rings is 2. The summed E-state index contributed by atoms with van der Waals surface area (Å²) in [5, 5.41) is 8.74. The summed E-state index contributed by atoms with van der Waals surface area (Å²) in [6.07, 6.45) is 0. The van der Waals surface area contributed by atoms with E-state index in [-0.39, 0.29) is 36.5 Å². The first-order chi connectivity index (χ1) is 8.25. The molecule has 0 aliphatic carbocycles. The van der Waals surface area contributed by atoms with E-state index >= 15 is 0 Å². The Morgan fingerprint density at radius 1 is 1.06 bits per heavy atom. The first-order valence-electron chi connectivity index (χ1n) is 5.26. The van der Waals surface area contributed by atoms with Crippen LogP contribution in [0.4, 0.5) is 0 Å². The van der Waals surface area contributed by atoms with Gasteiger partial charge >= 0.3 is 35.5 Å². The maximum absolute atomic E-state index is 10.7. The van der Waals surface area contributed by atoms with Gasteiger partial charge < -0.3 is 11.3 Å². The maximum atomic E-state index is 10.7. The van der Waals surface area contributed by atoms with E-state index in [9.17, 15) is 4.79 Å². The fraction of sp³-hybridized carbons (Fsp3) is 0.0714. The Balaban J connectivity index is 0.00000162. The fourth-order valence-electron chi connectivity index (χ4n) is 1.43. The van der Waals surface area contributed by atoms with Gasteiger partial charge in [0, 0.05) is 0 Å². The van der Waals surface area contributed by atoms with Gasteiger partial charge in [0.15, 0.2) is 0 Å². The van der Waals surface area contributed by atoms with Crippen LogP contribution in [-0.4, -0.2) is 11.1 Å². The molecule has 2 aromatic carbocycles. The van der Waals surface area contributed by atoms with Crippen LogP contribution in [0.5, 0.6) is 5.75 Å². The maximum Gasteiger partial charge on any atom is 1.00 e. The summed E-state index contributed by atoms with van der Waals surface area (Å²) in [4.78, 5) is 10.7. The van der Waals surface area contributed by atoms with Gasteiger partial charge in [-0.1, -0.05) is 30.3 Å². The van der Waals surface area contributed by atoms with Crippen molar-refractivity contribution in [3.63, 3.8) is 0 Å². The number of hydrogen-bond acceptors (Lipinski definition) is 2. The molecular formula is C14H13NaO3. The average molecular weight is 252 g/mol. The Bertz CT molecular complexity index is 500. The first kappa shape index (κ1) is 14.8. The molecule has 1 N–H and O–H groups in total. The van der Waals surface area contributed by atoms with Gasteiger partial charge in [0.2, 0.25) is 0 Å². The smallest absolute Gasteiger partial charge is 1.00 e. The minimum absolute atomic E-state index is 0. The molecule has 2 rings (SSSR count). The van der Waals surface area contributed by atoms with Crippen LogP contribution in [0.15, 0.2) is 54.6 Å². The van der Waals surface area contributed by atoms with Crippen LogP contribution in [-0.2, 0) is 6.61 Å². The molecule has 0 aromatic heterocycles. The van der Waals surface area contributed by atoms with Crippen molar-refractivity contribution in [2.45, 2.75) is 6.61 Å². The van der Waals surface area contributed by atoms with Crippen molar-refractivity contribution < 1.29 is 45.6 Å². The van der Waals surface area contributed by atoms with Crippen LogP contribution in [0.25, 0.3) is 0 Å². The van der Waals surface area contributed by atoms with Crippen molar-refractivity contribution in [1.82, 2.24) is 0 Å². The molecule has 0 atom stereocenters. The van der Waals surface area contributed by atoms with Crippen molar-refractivity contribution in [2.24, 2.45) is 0 Å². The van der Waals surface area contributed by atoms with Crippen molar-refractivity contribution in [3.05, 3.63) is 65.7 Å². The third-order valence-electron chi connectivity index (χ3n) is 2.35. The Morgan fingerprint density at radius 3 is 2.22 bits per heavy atom. The second kappa shape index (κ2) is 7.21.